The zero-order valence-corrected chi connectivity index (χ0v) is 14.4. The second-order valence-corrected chi connectivity index (χ2v) is 7.17. The fourth-order valence-electron chi connectivity index (χ4n) is 3.92. The quantitative estimate of drug-likeness (QED) is 0.876. The van der Waals surface area contributed by atoms with E-state index < -0.39 is 0 Å². The summed E-state index contributed by atoms with van der Waals surface area (Å²) in [6, 6.07) is 7.77. The number of carbonyl (C=O) groups excluding carboxylic acids is 2. The van der Waals surface area contributed by atoms with Crippen molar-refractivity contribution in [3.63, 3.8) is 0 Å². The zero-order valence-electron chi connectivity index (χ0n) is 14.4. The number of ether oxygens (including phenoxy) is 1. The summed E-state index contributed by atoms with van der Waals surface area (Å²) < 4.78 is 5.73. The second kappa shape index (κ2) is 7.04. The van der Waals surface area contributed by atoms with Crippen LogP contribution in [0.3, 0.4) is 0 Å². The Morgan fingerprint density at radius 1 is 1.20 bits per heavy atom. The SMILES string of the molecule is O=C(NCC(=O)N1CCCc2ccccc21)N[C@@H]1CCO[C@@H]1C1CC1. The number of rotatable bonds is 4. The number of urea groups is 1. The summed E-state index contributed by atoms with van der Waals surface area (Å²) in [5, 5.41) is 5.70. The maximum Gasteiger partial charge on any atom is 0.315 e. The molecular formula is C19H25N3O3. The van der Waals surface area contributed by atoms with E-state index >= 15 is 0 Å². The lowest BCUT2D eigenvalue weighted by molar-refractivity contribution is -0.117. The summed E-state index contributed by atoms with van der Waals surface area (Å²) in [5.41, 5.74) is 2.17. The van der Waals surface area contributed by atoms with Crippen molar-refractivity contribution in [2.75, 3.05) is 24.6 Å². The van der Waals surface area contributed by atoms with Gasteiger partial charge in [-0.25, -0.2) is 4.79 Å². The highest BCUT2D eigenvalue weighted by molar-refractivity contribution is 5.97. The van der Waals surface area contributed by atoms with Crippen LogP contribution in [0.15, 0.2) is 24.3 Å². The van der Waals surface area contributed by atoms with E-state index in [4.69, 9.17) is 4.74 Å². The Hall–Kier alpha value is -2.08. The molecule has 0 bridgehead atoms. The van der Waals surface area contributed by atoms with Gasteiger partial charge in [0.15, 0.2) is 0 Å². The first-order chi connectivity index (χ1) is 12.2. The van der Waals surface area contributed by atoms with Crippen molar-refractivity contribution in [3.8, 4) is 0 Å². The first-order valence-corrected chi connectivity index (χ1v) is 9.26. The molecule has 2 heterocycles. The third-order valence-corrected chi connectivity index (χ3v) is 5.35. The minimum absolute atomic E-state index is 0.0157. The monoisotopic (exact) mass is 343 g/mol. The molecule has 1 aliphatic carbocycles. The normalized spacial score (nSPS) is 25.4. The van der Waals surface area contributed by atoms with Crippen molar-refractivity contribution < 1.29 is 14.3 Å². The molecule has 0 unspecified atom stereocenters. The number of hydrogen-bond donors (Lipinski definition) is 2. The molecule has 2 N–H and O–H groups in total. The Bertz CT molecular complexity index is 659. The molecular weight excluding hydrogens is 318 g/mol. The number of anilines is 1. The van der Waals surface area contributed by atoms with E-state index in [0.717, 1.165) is 24.9 Å². The van der Waals surface area contributed by atoms with Crippen LogP contribution in [0.2, 0.25) is 0 Å². The molecule has 0 radical (unpaired) electrons. The molecule has 1 saturated carbocycles. The van der Waals surface area contributed by atoms with E-state index in [-0.39, 0.29) is 30.6 Å². The highest BCUT2D eigenvalue weighted by Crippen LogP contribution is 2.38. The predicted octanol–water partition coefficient (Wildman–Crippen LogP) is 1.83. The lowest BCUT2D eigenvalue weighted by Gasteiger charge is -2.29. The maximum absolute atomic E-state index is 12.5. The summed E-state index contributed by atoms with van der Waals surface area (Å²) in [6.45, 7) is 1.43. The van der Waals surface area contributed by atoms with Crippen LogP contribution in [-0.4, -0.2) is 43.8 Å². The number of fused-ring (bicyclic) bond motifs is 1. The minimum Gasteiger partial charge on any atom is -0.376 e. The third kappa shape index (κ3) is 3.63. The van der Waals surface area contributed by atoms with Crippen LogP contribution >= 0.6 is 0 Å². The van der Waals surface area contributed by atoms with Crippen LogP contribution in [0.5, 0.6) is 0 Å². The van der Waals surface area contributed by atoms with Gasteiger partial charge in [0, 0.05) is 18.8 Å². The number of benzene rings is 1. The summed E-state index contributed by atoms with van der Waals surface area (Å²) in [4.78, 5) is 26.5. The van der Waals surface area contributed by atoms with E-state index in [9.17, 15) is 9.59 Å². The molecule has 134 valence electrons. The van der Waals surface area contributed by atoms with E-state index in [1.54, 1.807) is 4.90 Å². The average Bonchev–Trinajstić information content (AvgIpc) is 3.38. The van der Waals surface area contributed by atoms with Gasteiger partial charge in [-0.3, -0.25) is 4.79 Å². The molecule has 1 saturated heterocycles. The van der Waals surface area contributed by atoms with Crippen LogP contribution in [-0.2, 0) is 16.0 Å². The summed E-state index contributed by atoms with van der Waals surface area (Å²) >= 11 is 0. The summed E-state index contributed by atoms with van der Waals surface area (Å²) in [5.74, 6) is 0.531. The number of aryl methyl sites for hydroxylation is 1. The van der Waals surface area contributed by atoms with Gasteiger partial charge in [0.1, 0.15) is 0 Å². The number of carbonyl (C=O) groups is 2. The number of hydrogen-bond acceptors (Lipinski definition) is 3. The van der Waals surface area contributed by atoms with Crippen LogP contribution in [0.25, 0.3) is 0 Å². The highest BCUT2D eigenvalue weighted by Gasteiger charge is 2.41. The van der Waals surface area contributed by atoms with Gasteiger partial charge in [0.25, 0.3) is 0 Å². The Morgan fingerprint density at radius 2 is 2.04 bits per heavy atom. The van der Waals surface area contributed by atoms with Gasteiger partial charge in [0.2, 0.25) is 5.91 Å². The number of para-hydroxylation sites is 1. The van der Waals surface area contributed by atoms with Crippen LogP contribution in [0, 0.1) is 5.92 Å². The molecule has 3 aliphatic rings. The number of nitrogens with zero attached hydrogens (tertiary/aromatic N) is 1. The topological polar surface area (TPSA) is 70.7 Å². The van der Waals surface area contributed by atoms with Gasteiger partial charge >= 0.3 is 6.03 Å². The minimum atomic E-state index is -0.278. The lowest BCUT2D eigenvalue weighted by Crippen LogP contribution is -2.49. The van der Waals surface area contributed by atoms with Gasteiger partial charge in [-0.1, -0.05) is 18.2 Å². The molecule has 1 aromatic carbocycles. The molecule has 3 amide bonds. The summed E-state index contributed by atoms with van der Waals surface area (Å²) in [7, 11) is 0. The molecule has 1 aromatic rings. The van der Waals surface area contributed by atoms with Crippen LogP contribution in [0.4, 0.5) is 10.5 Å². The van der Waals surface area contributed by atoms with Gasteiger partial charge in [-0.2, -0.15) is 0 Å². The van der Waals surface area contributed by atoms with Crippen molar-refractivity contribution in [1.29, 1.82) is 0 Å². The van der Waals surface area contributed by atoms with Gasteiger partial charge in [-0.05, 0) is 49.7 Å². The lowest BCUT2D eigenvalue weighted by atomic mass is 10.0. The molecule has 2 aliphatic heterocycles. The molecule has 4 rings (SSSR count). The van der Waals surface area contributed by atoms with E-state index in [1.807, 2.05) is 18.2 Å². The fourth-order valence-corrected chi connectivity index (χ4v) is 3.92. The Labute approximate surface area is 147 Å². The van der Waals surface area contributed by atoms with Crippen LogP contribution < -0.4 is 15.5 Å². The standard InChI is InChI=1S/C19H25N3O3/c23-17(22-10-3-5-13-4-1-2-6-16(13)22)12-20-19(24)21-15-9-11-25-18(15)14-7-8-14/h1-2,4,6,14-15,18H,3,5,7-12H2,(H2,20,21,24)/t15-,18-/m1/s1. The molecule has 25 heavy (non-hydrogen) atoms. The molecule has 6 heteroatoms. The predicted molar refractivity (Wildman–Crippen MR) is 94.5 cm³/mol. The molecule has 2 fully saturated rings. The van der Waals surface area contributed by atoms with Crippen molar-refractivity contribution in [2.24, 2.45) is 5.92 Å². The van der Waals surface area contributed by atoms with E-state index in [1.165, 1.54) is 18.4 Å². The zero-order chi connectivity index (χ0) is 17.2. The molecule has 0 spiro atoms. The smallest absolute Gasteiger partial charge is 0.315 e. The van der Waals surface area contributed by atoms with E-state index in [0.29, 0.717) is 19.1 Å². The van der Waals surface area contributed by atoms with Gasteiger partial charge < -0.3 is 20.3 Å². The summed E-state index contributed by atoms with van der Waals surface area (Å²) in [6.07, 6.45) is 5.34. The average molecular weight is 343 g/mol. The molecule has 0 aromatic heterocycles. The van der Waals surface area contributed by atoms with Crippen molar-refractivity contribution in [1.82, 2.24) is 10.6 Å². The first-order valence-electron chi connectivity index (χ1n) is 9.26. The van der Waals surface area contributed by atoms with E-state index in [2.05, 4.69) is 16.7 Å². The largest absolute Gasteiger partial charge is 0.376 e. The Kier molecular flexibility index (Phi) is 4.61. The molecule has 2 atom stereocenters. The molecule has 6 nitrogen and oxygen atoms in total. The van der Waals surface area contributed by atoms with Crippen molar-refractivity contribution in [2.45, 2.75) is 44.2 Å². The highest BCUT2D eigenvalue weighted by atomic mass is 16.5. The van der Waals surface area contributed by atoms with Gasteiger partial charge in [-0.15, -0.1) is 0 Å². The number of amides is 3. The van der Waals surface area contributed by atoms with Crippen molar-refractivity contribution in [3.05, 3.63) is 29.8 Å². The van der Waals surface area contributed by atoms with Crippen molar-refractivity contribution >= 4 is 17.6 Å². The second-order valence-electron chi connectivity index (χ2n) is 7.17. The van der Waals surface area contributed by atoms with Gasteiger partial charge in [0.05, 0.1) is 18.7 Å². The fraction of sp³-hybridized carbons (Fsp3) is 0.579. The number of nitrogens with one attached hydrogen (secondary N) is 2. The third-order valence-electron chi connectivity index (χ3n) is 5.35. The first kappa shape index (κ1) is 16.4. The Balaban J connectivity index is 1.29. The van der Waals surface area contributed by atoms with Crippen LogP contribution in [0.1, 0.15) is 31.2 Å². The Morgan fingerprint density at radius 3 is 2.88 bits per heavy atom. The maximum atomic E-state index is 12.5.